The number of hydrogen-bond acceptors (Lipinski definition) is 1. The molecule has 1 aromatic carbocycles. The number of aryl methyl sites for hydroxylation is 2. The van der Waals surface area contributed by atoms with Crippen molar-refractivity contribution >= 4 is 0 Å². The van der Waals surface area contributed by atoms with Crippen LogP contribution in [0.25, 0.3) is 0 Å². The molecular formula is C17H25N. The van der Waals surface area contributed by atoms with Crippen molar-refractivity contribution in [3.63, 3.8) is 0 Å². The van der Waals surface area contributed by atoms with E-state index in [0.29, 0.717) is 6.04 Å². The highest BCUT2D eigenvalue weighted by molar-refractivity contribution is 5.35. The molecule has 98 valence electrons. The monoisotopic (exact) mass is 243 g/mol. The van der Waals surface area contributed by atoms with Crippen molar-refractivity contribution in [1.29, 1.82) is 0 Å². The molecule has 1 aliphatic rings. The Labute approximate surface area is 111 Å². The second kappa shape index (κ2) is 6.19. The Morgan fingerprint density at radius 3 is 2.44 bits per heavy atom. The van der Waals surface area contributed by atoms with Crippen molar-refractivity contribution in [2.45, 2.75) is 52.5 Å². The Kier molecular flexibility index (Phi) is 4.60. The molecule has 0 bridgehead atoms. The Balaban J connectivity index is 2.26. The second-order valence-corrected chi connectivity index (χ2v) is 5.48. The third kappa shape index (κ3) is 3.23. The van der Waals surface area contributed by atoms with Crippen LogP contribution in [0, 0.1) is 13.8 Å². The first-order chi connectivity index (χ1) is 8.70. The van der Waals surface area contributed by atoms with Crippen molar-refractivity contribution in [2.24, 2.45) is 0 Å². The zero-order valence-corrected chi connectivity index (χ0v) is 11.9. The van der Waals surface area contributed by atoms with Crippen LogP contribution in [0.4, 0.5) is 0 Å². The number of rotatable bonds is 5. The molecule has 1 atom stereocenters. The van der Waals surface area contributed by atoms with Gasteiger partial charge in [-0.05, 0) is 51.6 Å². The minimum absolute atomic E-state index is 0.436. The highest BCUT2D eigenvalue weighted by Crippen LogP contribution is 2.31. The highest BCUT2D eigenvalue weighted by atomic mass is 14.9. The lowest BCUT2D eigenvalue weighted by atomic mass is 9.95. The first kappa shape index (κ1) is 13.4. The molecule has 0 amide bonds. The second-order valence-electron chi connectivity index (χ2n) is 5.48. The predicted molar refractivity (Wildman–Crippen MR) is 78.9 cm³/mol. The molecule has 2 rings (SSSR count). The standard InChI is InChI=1S/C17H25N/c1-4-9-18-17(15-7-5-6-8-15)16-11-13(2)10-14(3)12-16/h7,10-12,17-18H,4-6,8-9H2,1-3H3. The summed E-state index contributed by atoms with van der Waals surface area (Å²) in [6.45, 7) is 7.70. The van der Waals surface area contributed by atoms with Gasteiger partial charge in [-0.25, -0.2) is 0 Å². The average molecular weight is 243 g/mol. The van der Waals surface area contributed by atoms with Crippen molar-refractivity contribution < 1.29 is 0 Å². The topological polar surface area (TPSA) is 12.0 Å². The Morgan fingerprint density at radius 1 is 1.17 bits per heavy atom. The summed E-state index contributed by atoms with van der Waals surface area (Å²) in [6, 6.07) is 7.36. The highest BCUT2D eigenvalue weighted by Gasteiger charge is 2.18. The Bertz CT molecular complexity index is 411. The third-order valence-electron chi connectivity index (χ3n) is 3.62. The van der Waals surface area contributed by atoms with Crippen LogP contribution < -0.4 is 5.32 Å². The van der Waals surface area contributed by atoms with Gasteiger partial charge >= 0.3 is 0 Å². The zero-order chi connectivity index (χ0) is 13.0. The first-order valence-corrected chi connectivity index (χ1v) is 7.21. The number of allylic oxidation sites excluding steroid dienone is 1. The van der Waals surface area contributed by atoms with Crippen LogP contribution in [0.1, 0.15) is 55.3 Å². The summed E-state index contributed by atoms with van der Waals surface area (Å²) >= 11 is 0. The van der Waals surface area contributed by atoms with Gasteiger partial charge < -0.3 is 5.32 Å². The van der Waals surface area contributed by atoms with Crippen molar-refractivity contribution in [1.82, 2.24) is 5.32 Å². The van der Waals surface area contributed by atoms with Gasteiger partial charge in [-0.3, -0.25) is 0 Å². The fraction of sp³-hybridized carbons (Fsp3) is 0.529. The van der Waals surface area contributed by atoms with Crippen LogP contribution in [0.15, 0.2) is 29.8 Å². The largest absolute Gasteiger partial charge is 0.307 e. The molecule has 0 spiro atoms. The van der Waals surface area contributed by atoms with Gasteiger partial charge in [-0.1, -0.05) is 47.9 Å². The van der Waals surface area contributed by atoms with Crippen molar-refractivity contribution in [3.8, 4) is 0 Å². The Hall–Kier alpha value is -1.08. The summed E-state index contributed by atoms with van der Waals surface area (Å²) in [5.41, 5.74) is 5.77. The summed E-state index contributed by atoms with van der Waals surface area (Å²) in [5, 5.41) is 3.71. The summed E-state index contributed by atoms with van der Waals surface area (Å²) in [4.78, 5) is 0. The molecule has 1 aromatic rings. The zero-order valence-electron chi connectivity index (χ0n) is 11.9. The van der Waals surface area contributed by atoms with E-state index in [2.05, 4.69) is 50.4 Å². The Morgan fingerprint density at radius 2 is 1.89 bits per heavy atom. The van der Waals surface area contributed by atoms with Crippen LogP contribution in [0.5, 0.6) is 0 Å². The molecule has 0 aromatic heterocycles. The number of nitrogens with one attached hydrogen (secondary N) is 1. The summed E-state index contributed by atoms with van der Waals surface area (Å²) in [6.07, 6.45) is 7.46. The first-order valence-electron chi connectivity index (χ1n) is 7.21. The molecule has 0 heterocycles. The van der Waals surface area contributed by atoms with Gasteiger partial charge in [0.2, 0.25) is 0 Å². The van der Waals surface area contributed by atoms with Crippen LogP contribution in [0.2, 0.25) is 0 Å². The van der Waals surface area contributed by atoms with E-state index in [1.807, 2.05) is 0 Å². The molecule has 0 saturated heterocycles. The fourth-order valence-corrected chi connectivity index (χ4v) is 2.89. The lowest BCUT2D eigenvalue weighted by molar-refractivity contribution is 0.578. The lowest BCUT2D eigenvalue weighted by Crippen LogP contribution is -2.23. The summed E-state index contributed by atoms with van der Waals surface area (Å²) < 4.78 is 0. The molecule has 0 radical (unpaired) electrons. The smallest absolute Gasteiger partial charge is 0.0536 e. The van der Waals surface area contributed by atoms with Crippen LogP contribution in [-0.4, -0.2) is 6.54 Å². The SMILES string of the molecule is CCCNC(C1=CCCC1)c1cc(C)cc(C)c1. The lowest BCUT2D eigenvalue weighted by Gasteiger charge is -2.21. The average Bonchev–Trinajstić information content (AvgIpc) is 2.82. The van der Waals surface area contributed by atoms with Crippen LogP contribution >= 0.6 is 0 Å². The molecule has 0 fully saturated rings. The van der Waals surface area contributed by atoms with E-state index < -0.39 is 0 Å². The van der Waals surface area contributed by atoms with E-state index in [9.17, 15) is 0 Å². The van der Waals surface area contributed by atoms with Gasteiger partial charge in [-0.2, -0.15) is 0 Å². The van der Waals surface area contributed by atoms with Gasteiger partial charge in [0.05, 0.1) is 6.04 Å². The van der Waals surface area contributed by atoms with Crippen LogP contribution in [-0.2, 0) is 0 Å². The molecular weight excluding hydrogens is 218 g/mol. The third-order valence-corrected chi connectivity index (χ3v) is 3.62. The molecule has 0 saturated carbocycles. The van der Waals surface area contributed by atoms with E-state index in [1.54, 1.807) is 5.57 Å². The van der Waals surface area contributed by atoms with E-state index in [1.165, 1.54) is 42.4 Å². The number of hydrogen-bond donors (Lipinski definition) is 1. The molecule has 1 nitrogen and oxygen atoms in total. The van der Waals surface area contributed by atoms with E-state index in [4.69, 9.17) is 0 Å². The molecule has 18 heavy (non-hydrogen) atoms. The van der Waals surface area contributed by atoms with Crippen molar-refractivity contribution in [3.05, 3.63) is 46.5 Å². The van der Waals surface area contributed by atoms with E-state index >= 15 is 0 Å². The molecule has 1 aliphatic carbocycles. The maximum atomic E-state index is 3.71. The molecule has 1 unspecified atom stereocenters. The van der Waals surface area contributed by atoms with Crippen molar-refractivity contribution in [2.75, 3.05) is 6.54 Å². The minimum Gasteiger partial charge on any atom is -0.307 e. The van der Waals surface area contributed by atoms with Crippen LogP contribution in [0.3, 0.4) is 0 Å². The predicted octanol–water partition coefficient (Wildman–Crippen LogP) is 4.45. The van der Waals surface area contributed by atoms with Gasteiger partial charge in [0.25, 0.3) is 0 Å². The summed E-state index contributed by atoms with van der Waals surface area (Å²) in [7, 11) is 0. The minimum atomic E-state index is 0.436. The van der Waals surface area contributed by atoms with Gasteiger partial charge in [-0.15, -0.1) is 0 Å². The normalized spacial score (nSPS) is 16.7. The van der Waals surface area contributed by atoms with E-state index in [0.717, 1.165) is 6.54 Å². The van der Waals surface area contributed by atoms with Gasteiger partial charge in [0.1, 0.15) is 0 Å². The fourth-order valence-electron chi connectivity index (χ4n) is 2.89. The van der Waals surface area contributed by atoms with Gasteiger partial charge in [0.15, 0.2) is 0 Å². The van der Waals surface area contributed by atoms with E-state index in [-0.39, 0.29) is 0 Å². The number of benzene rings is 1. The summed E-state index contributed by atoms with van der Waals surface area (Å²) in [5.74, 6) is 0. The maximum absolute atomic E-state index is 3.71. The molecule has 1 N–H and O–H groups in total. The maximum Gasteiger partial charge on any atom is 0.0536 e. The van der Waals surface area contributed by atoms with Gasteiger partial charge in [0, 0.05) is 0 Å². The molecule has 1 heteroatoms. The quantitative estimate of drug-likeness (QED) is 0.753. The molecule has 0 aliphatic heterocycles.